The van der Waals surface area contributed by atoms with E-state index >= 15 is 0 Å². The van der Waals surface area contributed by atoms with Crippen molar-refractivity contribution in [3.05, 3.63) is 41.8 Å². The minimum Gasteiger partial charge on any atom is -0.407 e. The van der Waals surface area contributed by atoms with Crippen LogP contribution in [0.25, 0.3) is 0 Å². The molecule has 0 aliphatic carbocycles. The number of rotatable bonds is 6. The largest absolute Gasteiger partial charge is 0.407 e. The van der Waals surface area contributed by atoms with Crippen molar-refractivity contribution in [3.63, 3.8) is 0 Å². The Morgan fingerprint density at radius 3 is 2.63 bits per heavy atom. The van der Waals surface area contributed by atoms with Gasteiger partial charge in [-0.25, -0.2) is 0 Å². The van der Waals surface area contributed by atoms with E-state index in [4.69, 9.17) is 10.2 Å². The average molecular weight is 283 g/mol. The predicted molar refractivity (Wildman–Crippen MR) is 77.3 cm³/mol. The summed E-state index contributed by atoms with van der Waals surface area (Å²) < 4.78 is 5.30. The zero-order chi connectivity index (χ0) is 12.8. The minimum atomic E-state index is 0. The molecule has 104 valence electrons. The third kappa shape index (κ3) is 4.89. The number of hydrogen-bond donors (Lipinski definition) is 2. The van der Waals surface area contributed by atoms with Crippen LogP contribution in [0.3, 0.4) is 0 Å². The molecule has 0 aliphatic heterocycles. The number of nitrogens with zero attached hydrogens (tertiary/aromatic N) is 2. The van der Waals surface area contributed by atoms with Crippen molar-refractivity contribution in [2.45, 2.75) is 32.4 Å². The fraction of sp³-hybridized carbons (Fsp3) is 0.385. The van der Waals surface area contributed by atoms with Crippen LogP contribution in [0.4, 0.5) is 6.01 Å². The molecule has 1 heterocycles. The van der Waals surface area contributed by atoms with Crippen LogP contribution in [0.15, 0.2) is 34.7 Å². The number of halogens is 1. The molecule has 0 aliphatic rings. The Labute approximate surface area is 119 Å². The molecule has 0 saturated heterocycles. The normalized spacial score (nSPS) is 11.7. The molecule has 1 unspecified atom stereocenters. The molecule has 1 aromatic carbocycles. The first-order valence-corrected chi connectivity index (χ1v) is 6.11. The molecule has 0 saturated carbocycles. The van der Waals surface area contributed by atoms with E-state index in [0.29, 0.717) is 11.9 Å². The second kappa shape index (κ2) is 7.76. The molecule has 0 bridgehead atoms. The van der Waals surface area contributed by atoms with Gasteiger partial charge in [-0.2, -0.15) is 0 Å². The summed E-state index contributed by atoms with van der Waals surface area (Å²) in [6.45, 7) is 2.36. The Balaban J connectivity index is 0.00000180. The summed E-state index contributed by atoms with van der Waals surface area (Å²) in [6, 6.07) is 11.1. The molecule has 0 fully saturated rings. The molecule has 6 heteroatoms. The van der Waals surface area contributed by atoms with Gasteiger partial charge in [-0.05, 0) is 25.3 Å². The van der Waals surface area contributed by atoms with E-state index in [0.717, 1.165) is 12.8 Å². The molecular weight excluding hydrogens is 264 g/mol. The van der Waals surface area contributed by atoms with Crippen LogP contribution >= 0.6 is 12.4 Å². The molecule has 2 rings (SSSR count). The van der Waals surface area contributed by atoms with Crippen molar-refractivity contribution in [1.29, 1.82) is 0 Å². The summed E-state index contributed by atoms with van der Waals surface area (Å²) in [4.78, 5) is 0. The summed E-state index contributed by atoms with van der Waals surface area (Å²) >= 11 is 0. The second-order valence-electron chi connectivity index (χ2n) is 4.27. The summed E-state index contributed by atoms with van der Waals surface area (Å²) in [5.74, 6) is 0.452. The summed E-state index contributed by atoms with van der Waals surface area (Å²) in [5.41, 5.74) is 6.74. The number of hydrogen-bond acceptors (Lipinski definition) is 5. The van der Waals surface area contributed by atoms with Crippen LogP contribution < -0.4 is 11.1 Å². The Morgan fingerprint density at radius 1 is 1.26 bits per heavy atom. The third-order valence-corrected chi connectivity index (χ3v) is 2.72. The number of anilines is 1. The van der Waals surface area contributed by atoms with Crippen molar-refractivity contribution >= 4 is 18.4 Å². The maximum Gasteiger partial charge on any atom is 0.315 e. The Bertz CT molecular complexity index is 475. The van der Waals surface area contributed by atoms with Crippen LogP contribution in [0.5, 0.6) is 0 Å². The summed E-state index contributed by atoms with van der Waals surface area (Å²) in [7, 11) is 0. The number of nitrogens with two attached hydrogens (primary N) is 1. The first-order valence-electron chi connectivity index (χ1n) is 6.11. The van der Waals surface area contributed by atoms with Gasteiger partial charge in [0, 0.05) is 6.04 Å². The molecule has 3 N–H and O–H groups in total. The van der Waals surface area contributed by atoms with Gasteiger partial charge in [-0.15, -0.1) is 17.5 Å². The minimum absolute atomic E-state index is 0. The summed E-state index contributed by atoms with van der Waals surface area (Å²) in [5, 5.41) is 10.8. The number of nitrogens with one attached hydrogen (secondary N) is 1. The van der Waals surface area contributed by atoms with Gasteiger partial charge < -0.3 is 15.5 Å². The van der Waals surface area contributed by atoms with E-state index in [9.17, 15) is 0 Å². The summed E-state index contributed by atoms with van der Waals surface area (Å²) in [6.07, 6.45) is 2.03. The predicted octanol–water partition coefficient (Wildman–Crippen LogP) is 2.38. The quantitative estimate of drug-likeness (QED) is 0.851. The van der Waals surface area contributed by atoms with Crippen molar-refractivity contribution in [1.82, 2.24) is 10.2 Å². The standard InChI is InChI=1S/C13H18N4O.ClH/c1-10(7-8-11-5-3-2-4-6-11)15-13-17-16-12(9-14)18-13;/h2-6,10H,7-9,14H2,1H3,(H,15,17);1H. The zero-order valence-electron chi connectivity index (χ0n) is 10.9. The first-order chi connectivity index (χ1) is 8.78. The maximum absolute atomic E-state index is 5.40. The van der Waals surface area contributed by atoms with Gasteiger partial charge in [0.25, 0.3) is 0 Å². The molecule has 0 amide bonds. The van der Waals surface area contributed by atoms with Crippen molar-refractivity contribution in [3.8, 4) is 0 Å². The second-order valence-corrected chi connectivity index (χ2v) is 4.27. The number of aromatic nitrogens is 2. The average Bonchev–Trinajstić information content (AvgIpc) is 2.85. The highest BCUT2D eigenvalue weighted by atomic mass is 35.5. The lowest BCUT2D eigenvalue weighted by molar-refractivity contribution is 0.500. The van der Waals surface area contributed by atoms with Gasteiger partial charge in [0.15, 0.2) is 0 Å². The SMILES string of the molecule is CC(CCc1ccccc1)Nc1nnc(CN)o1.Cl. The molecule has 1 aromatic heterocycles. The van der Waals surface area contributed by atoms with E-state index < -0.39 is 0 Å². The molecule has 5 nitrogen and oxygen atoms in total. The van der Waals surface area contributed by atoms with Gasteiger partial charge in [-0.1, -0.05) is 35.4 Å². The lowest BCUT2D eigenvalue weighted by Crippen LogP contribution is -2.16. The van der Waals surface area contributed by atoms with Crippen molar-refractivity contribution in [2.75, 3.05) is 5.32 Å². The van der Waals surface area contributed by atoms with Gasteiger partial charge >= 0.3 is 6.01 Å². The van der Waals surface area contributed by atoms with E-state index in [-0.39, 0.29) is 25.0 Å². The maximum atomic E-state index is 5.40. The van der Waals surface area contributed by atoms with Crippen LogP contribution in [0.1, 0.15) is 24.8 Å². The van der Waals surface area contributed by atoms with Gasteiger partial charge in [0.05, 0.1) is 6.54 Å². The fourth-order valence-corrected chi connectivity index (χ4v) is 1.71. The number of benzene rings is 1. The lowest BCUT2D eigenvalue weighted by Gasteiger charge is -2.11. The zero-order valence-corrected chi connectivity index (χ0v) is 11.7. The van der Waals surface area contributed by atoms with Crippen LogP contribution in [0, 0.1) is 0 Å². The Kier molecular flexibility index (Phi) is 6.32. The van der Waals surface area contributed by atoms with Gasteiger partial charge in [0.2, 0.25) is 5.89 Å². The van der Waals surface area contributed by atoms with E-state index in [1.54, 1.807) is 0 Å². The molecule has 2 aromatic rings. The molecular formula is C13H19ClN4O. The molecule has 1 atom stereocenters. The van der Waals surface area contributed by atoms with Gasteiger partial charge in [0.1, 0.15) is 0 Å². The Morgan fingerprint density at radius 2 is 2.00 bits per heavy atom. The highest BCUT2D eigenvalue weighted by Gasteiger charge is 2.08. The molecule has 19 heavy (non-hydrogen) atoms. The highest BCUT2D eigenvalue weighted by Crippen LogP contribution is 2.10. The van der Waals surface area contributed by atoms with E-state index in [2.05, 4.69) is 46.7 Å². The van der Waals surface area contributed by atoms with E-state index in [1.807, 2.05) is 6.07 Å². The third-order valence-electron chi connectivity index (χ3n) is 2.72. The number of aryl methyl sites for hydroxylation is 1. The topological polar surface area (TPSA) is 77.0 Å². The van der Waals surface area contributed by atoms with Crippen LogP contribution in [-0.2, 0) is 13.0 Å². The van der Waals surface area contributed by atoms with Crippen LogP contribution in [0.2, 0.25) is 0 Å². The van der Waals surface area contributed by atoms with E-state index in [1.165, 1.54) is 5.56 Å². The Hall–Kier alpha value is -1.59. The highest BCUT2D eigenvalue weighted by molar-refractivity contribution is 5.85. The smallest absolute Gasteiger partial charge is 0.315 e. The van der Waals surface area contributed by atoms with Crippen molar-refractivity contribution < 1.29 is 4.42 Å². The van der Waals surface area contributed by atoms with Gasteiger partial charge in [-0.3, -0.25) is 0 Å². The van der Waals surface area contributed by atoms with Crippen LogP contribution in [-0.4, -0.2) is 16.2 Å². The lowest BCUT2D eigenvalue weighted by atomic mass is 10.1. The first kappa shape index (κ1) is 15.5. The molecule has 0 spiro atoms. The fourth-order valence-electron chi connectivity index (χ4n) is 1.71. The van der Waals surface area contributed by atoms with Crippen molar-refractivity contribution in [2.24, 2.45) is 5.73 Å². The monoisotopic (exact) mass is 282 g/mol. The molecule has 0 radical (unpaired) electrons.